The molecule has 0 aliphatic carbocycles. The second kappa shape index (κ2) is 3.69. The summed E-state index contributed by atoms with van der Waals surface area (Å²) >= 11 is 2.94. The summed E-state index contributed by atoms with van der Waals surface area (Å²) in [5.74, 6) is -0.602. The molecule has 0 aromatic carbocycles. The number of H-pyrrole nitrogens is 1. The molecule has 0 aliphatic rings. The molecule has 1 heterocycles. The van der Waals surface area contributed by atoms with Crippen LogP contribution in [0.5, 0.6) is 0 Å². The van der Waals surface area contributed by atoms with Gasteiger partial charge in [0.25, 0.3) is 5.56 Å². The Hall–Kier alpha value is -1.17. The van der Waals surface area contributed by atoms with Crippen LogP contribution in [0.25, 0.3) is 0 Å². The molecule has 1 aromatic heterocycles. The third-order valence-corrected chi connectivity index (χ3v) is 1.98. The zero-order valence-corrected chi connectivity index (χ0v) is 8.64. The lowest BCUT2D eigenvalue weighted by atomic mass is 10.3. The van der Waals surface area contributed by atoms with Gasteiger partial charge < -0.3 is 9.72 Å². The minimum Gasteiger partial charge on any atom is -0.464 e. The van der Waals surface area contributed by atoms with Crippen LogP contribution in [0.4, 0.5) is 0 Å². The summed E-state index contributed by atoms with van der Waals surface area (Å²) < 4.78 is 4.60. The zero-order chi connectivity index (χ0) is 10.0. The van der Waals surface area contributed by atoms with E-state index in [1.54, 1.807) is 6.92 Å². The summed E-state index contributed by atoms with van der Waals surface area (Å²) in [5.41, 5.74) is 0.0417. The lowest BCUT2D eigenvalue weighted by Gasteiger charge is -2.01. The van der Waals surface area contributed by atoms with E-state index in [1.807, 2.05) is 0 Å². The van der Waals surface area contributed by atoms with Crippen LogP contribution in [0.3, 0.4) is 0 Å². The van der Waals surface area contributed by atoms with E-state index in [4.69, 9.17) is 0 Å². The summed E-state index contributed by atoms with van der Waals surface area (Å²) in [6, 6.07) is 0. The van der Waals surface area contributed by atoms with E-state index in [-0.39, 0.29) is 10.3 Å². The SMILES string of the molecule is COC(=O)c1[nH]c(=O)c(Br)nc1C. The maximum Gasteiger partial charge on any atom is 0.356 e. The number of esters is 1. The van der Waals surface area contributed by atoms with Gasteiger partial charge >= 0.3 is 5.97 Å². The number of hydrogen-bond acceptors (Lipinski definition) is 4. The van der Waals surface area contributed by atoms with E-state index in [9.17, 15) is 9.59 Å². The average molecular weight is 247 g/mol. The van der Waals surface area contributed by atoms with Gasteiger partial charge in [0.2, 0.25) is 0 Å². The Kier molecular flexibility index (Phi) is 2.82. The first-order chi connectivity index (χ1) is 6.06. The molecule has 1 N–H and O–H groups in total. The van der Waals surface area contributed by atoms with E-state index in [1.165, 1.54) is 7.11 Å². The predicted molar refractivity (Wildman–Crippen MR) is 48.6 cm³/mol. The maximum atomic E-state index is 11.1. The van der Waals surface area contributed by atoms with Gasteiger partial charge in [0.05, 0.1) is 12.8 Å². The first-order valence-electron chi connectivity index (χ1n) is 3.41. The molecule has 5 nitrogen and oxygen atoms in total. The van der Waals surface area contributed by atoms with Crippen LogP contribution >= 0.6 is 15.9 Å². The summed E-state index contributed by atoms with van der Waals surface area (Å²) in [6.45, 7) is 1.60. The highest BCUT2D eigenvalue weighted by atomic mass is 79.9. The van der Waals surface area contributed by atoms with Crippen molar-refractivity contribution in [3.8, 4) is 0 Å². The number of aryl methyl sites for hydroxylation is 1. The number of halogens is 1. The van der Waals surface area contributed by atoms with E-state index >= 15 is 0 Å². The lowest BCUT2D eigenvalue weighted by Crippen LogP contribution is -2.18. The molecule has 0 saturated carbocycles. The van der Waals surface area contributed by atoms with Gasteiger partial charge in [-0.3, -0.25) is 4.79 Å². The Morgan fingerprint density at radius 1 is 1.62 bits per heavy atom. The second-order valence-corrected chi connectivity index (χ2v) is 3.06. The quantitative estimate of drug-likeness (QED) is 0.738. The number of methoxy groups -OCH3 is 1. The van der Waals surface area contributed by atoms with Crippen molar-refractivity contribution in [2.75, 3.05) is 7.11 Å². The van der Waals surface area contributed by atoms with Crippen molar-refractivity contribution < 1.29 is 9.53 Å². The third kappa shape index (κ3) is 1.95. The van der Waals surface area contributed by atoms with Gasteiger partial charge in [-0.15, -0.1) is 0 Å². The normalized spacial score (nSPS) is 9.77. The molecule has 0 bridgehead atoms. The van der Waals surface area contributed by atoms with Crippen molar-refractivity contribution >= 4 is 21.9 Å². The topological polar surface area (TPSA) is 72.1 Å². The largest absolute Gasteiger partial charge is 0.464 e. The highest BCUT2D eigenvalue weighted by molar-refractivity contribution is 9.10. The van der Waals surface area contributed by atoms with E-state index in [2.05, 4.69) is 30.6 Å². The van der Waals surface area contributed by atoms with Crippen LogP contribution in [-0.2, 0) is 4.74 Å². The van der Waals surface area contributed by atoms with Crippen LogP contribution in [0.2, 0.25) is 0 Å². The summed E-state index contributed by atoms with van der Waals surface area (Å²) in [4.78, 5) is 28.3. The highest BCUT2D eigenvalue weighted by Crippen LogP contribution is 2.04. The smallest absolute Gasteiger partial charge is 0.356 e. The minimum atomic E-state index is -0.602. The minimum absolute atomic E-state index is 0.0794. The number of ether oxygens (including phenoxy) is 1. The molecule has 0 unspecified atom stereocenters. The number of carbonyl (C=O) groups excluding carboxylic acids is 1. The molecule has 70 valence electrons. The molecule has 0 aliphatic heterocycles. The molecule has 0 spiro atoms. The van der Waals surface area contributed by atoms with E-state index in [0.717, 1.165) is 0 Å². The fourth-order valence-electron chi connectivity index (χ4n) is 0.810. The Labute approximate surface area is 82.3 Å². The van der Waals surface area contributed by atoms with Crippen molar-refractivity contribution in [3.05, 3.63) is 26.3 Å². The second-order valence-electron chi connectivity index (χ2n) is 2.31. The molecule has 6 heteroatoms. The molecule has 0 atom stereocenters. The van der Waals surface area contributed by atoms with Crippen molar-refractivity contribution in [3.63, 3.8) is 0 Å². The van der Waals surface area contributed by atoms with Crippen LogP contribution in [0.15, 0.2) is 9.40 Å². The molecule has 0 amide bonds. The molecule has 1 aromatic rings. The van der Waals surface area contributed by atoms with Crippen molar-refractivity contribution in [1.82, 2.24) is 9.97 Å². The Bertz CT molecular complexity index is 399. The van der Waals surface area contributed by atoms with Crippen molar-refractivity contribution in [1.29, 1.82) is 0 Å². The standard InChI is InChI=1S/C7H7BrN2O3/c1-3-4(7(12)13-2)10-6(11)5(8)9-3/h1-2H3,(H,10,11). The van der Waals surface area contributed by atoms with Gasteiger partial charge in [0, 0.05) is 0 Å². The summed E-state index contributed by atoms with van der Waals surface area (Å²) in [7, 11) is 1.24. The monoisotopic (exact) mass is 246 g/mol. The van der Waals surface area contributed by atoms with E-state index < -0.39 is 11.5 Å². The van der Waals surface area contributed by atoms with Gasteiger partial charge in [0.15, 0.2) is 4.60 Å². The molecular formula is C7H7BrN2O3. The van der Waals surface area contributed by atoms with Crippen molar-refractivity contribution in [2.24, 2.45) is 0 Å². The molecule has 0 radical (unpaired) electrons. The van der Waals surface area contributed by atoms with Gasteiger partial charge in [-0.25, -0.2) is 9.78 Å². The molecule has 0 fully saturated rings. The first kappa shape index (κ1) is 9.91. The fourth-order valence-corrected chi connectivity index (χ4v) is 1.18. The Morgan fingerprint density at radius 2 is 2.23 bits per heavy atom. The number of rotatable bonds is 1. The fraction of sp³-hybridized carbons (Fsp3) is 0.286. The number of aromatic amines is 1. The maximum absolute atomic E-state index is 11.1. The summed E-state index contributed by atoms with van der Waals surface area (Å²) in [5, 5.41) is 0. The van der Waals surface area contributed by atoms with Crippen molar-refractivity contribution in [2.45, 2.75) is 6.92 Å². The Morgan fingerprint density at radius 3 is 2.77 bits per heavy atom. The lowest BCUT2D eigenvalue weighted by molar-refractivity contribution is 0.0592. The number of aromatic nitrogens is 2. The molecule has 0 saturated heterocycles. The zero-order valence-electron chi connectivity index (χ0n) is 7.05. The third-order valence-electron chi connectivity index (χ3n) is 1.44. The number of hydrogen-bond donors (Lipinski definition) is 1. The first-order valence-corrected chi connectivity index (χ1v) is 4.20. The van der Waals surface area contributed by atoms with Gasteiger partial charge in [-0.05, 0) is 22.9 Å². The average Bonchev–Trinajstić information content (AvgIpc) is 2.10. The Balaban J connectivity index is 3.32. The van der Waals surface area contributed by atoms with Crippen LogP contribution < -0.4 is 5.56 Å². The molecular weight excluding hydrogens is 240 g/mol. The summed E-state index contributed by atoms with van der Waals surface area (Å²) in [6.07, 6.45) is 0. The van der Waals surface area contributed by atoms with Crippen LogP contribution in [0.1, 0.15) is 16.2 Å². The molecule has 13 heavy (non-hydrogen) atoms. The van der Waals surface area contributed by atoms with Gasteiger partial charge in [0.1, 0.15) is 5.69 Å². The number of nitrogens with one attached hydrogen (secondary N) is 1. The van der Waals surface area contributed by atoms with Gasteiger partial charge in [-0.2, -0.15) is 0 Å². The number of carbonyl (C=O) groups is 1. The highest BCUT2D eigenvalue weighted by Gasteiger charge is 2.12. The van der Waals surface area contributed by atoms with Crippen LogP contribution in [-0.4, -0.2) is 23.0 Å². The van der Waals surface area contributed by atoms with E-state index in [0.29, 0.717) is 5.69 Å². The predicted octanol–water partition coefficient (Wildman–Crippen LogP) is 0.627. The van der Waals surface area contributed by atoms with Gasteiger partial charge in [-0.1, -0.05) is 0 Å². The van der Waals surface area contributed by atoms with Crippen LogP contribution in [0, 0.1) is 6.92 Å². The number of nitrogens with zero attached hydrogens (tertiary/aromatic N) is 1. The molecule has 1 rings (SSSR count).